The van der Waals surface area contributed by atoms with Crippen molar-refractivity contribution in [1.82, 2.24) is 0 Å². The first-order chi connectivity index (χ1) is 9.66. The summed E-state index contributed by atoms with van der Waals surface area (Å²) < 4.78 is 18.7. The molecule has 1 heterocycles. The summed E-state index contributed by atoms with van der Waals surface area (Å²) in [6.45, 7) is 0.606. The Morgan fingerprint density at radius 3 is 2.85 bits per heavy atom. The molecule has 0 atom stereocenters. The average molecular weight is 291 g/mol. The van der Waals surface area contributed by atoms with Gasteiger partial charge in [0.2, 0.25) is 0 Å². The number of carbonyl (C=O) groups excluding carboxylic acids is 1. The van der Waals surface area contributed by atoms with Crippen molar-refractivity contribution in [3.8, 4) is 5.75 Å². The van der Waals surface area contributed by atoms with Crippen LogP contribution in [0.15, 0.2) is 36.4 Å². The minimum absolute atomic E-state index is 0.114. The van der Waals surface area contributed by atoms with E-state index in [4.69, 9.17) is 16.3 Å². The zero-order valence-corrected chi connectivity index (χ0v) is 11.4. The predicted octanol–water partition coefficient (Wildman–Crippen LogP) is 4.04. The summed E-state index contributed by atoms with van der Waals surface area (Å²) in [5.41, 5.74) is 1.80. The van der Waals surface area contributed by atoms with E-state index in [1.807, 2.05) is 12.1 Å². The number of hydrogen-bond acceptors (Lipinski definition) is 2. The highest BCUT2D eigenvalue weighted by Gasteiger charge is 2.21. The zero-order chi connectivity index (χ0) is 14.1. The van der Waals surface area contributed by atoms with Gasteiger partial charge in [-0.1, -0.05) is 23.7 Å². The summed E-state index contributed by atoms with van der Waals surface area (Å²) >= 11 is 5.96. The highest BCUT2D eigenvalue weighted by Crippen LogP contribution is 2.32. The fraction of sp³-hybridized carbons (Fsp3) is 0.188. The fourth-order valence-electron chi connectivity index (χ4n) is 2.39. The van der Waals surface area contributed by atoms with Gasteiger partial charge in [0, 0.05) is 5.56 Å². The van der Waals surface area contributed by atoms with E-state index in [0.717, 1.165) is 24.5 Å². The van der Waals surface area contributed by atoms with Gasteiger partial charge in [-0.15, -0.1) is 0 Å². The van der Waals surface area contributed by atoms with Gasteiger partial charge in [-0.3, -0.25) is 4.79 Å². The lowest BCUT2D eigenvalue weighted by Crippen LogP contribution is -2.13. The molecule has 20 heavy (non-hydrogen) atoms. The maximum absolute atomic E-state index is 13.1. The lowest BCUT2D eigenvalue weighted by molar-refractivity contribution is 0.103. The molecule has 3 rings (SSSR count). The van der Waals surface area contributed by atoms with Crippen molar-refractivity contribution in [2.24, 2.45) is 0 Å². The smallest absolute Gasteiger partial charge is 0.198 e. The van der Waals surface area contributed by atoms with Crippen LogP contribution in [0.4, 0.5) is 4.39 Å². The van der Waals surface area contributed by atoms with Crippen molar-refractivity contribution >= 4 is 17.4 Å². The molecule has 0 amide bonds. The SMILES string of the molecule is O=C(c1ccc(F)cc1Cl)c1cccc2c1OCCC2. The minimum Gasteiger partial charge on any atom is -0.493 e. The van der Waals surface area contributed by atoms with Crippen LogP contribution >= 0.6 is 11.6 Å². The van der Waals surface area contributed by atoms with Crippen LogP contribution in [0.5, 0.6) is 5.75 Å². The van der Waals surface area contributed by atoms with Gasteiger partial charge in [-0.25, -0.2) is 4.39 Å². The van der Waals surface area contributed by atoms with Crippen LogP contribution in [0.1, 0.15) is 27.9 Å². The highest BCUT2D eigenvalue weighted by molar-refractivity contribution is 6.35. The van der Waals surface area contributed by atoms with Gasteiger partial charge in [-0.2, -0.15) is 0 Å². The normalized spacial score (nSPS) is 13.5. The molecule has 0 unspecified atom stereocenters. The molecule has 0 radical (unpaired) electrons. The second-order valence-corrected chi connectivity index (χ2v) is 5.11. The maximum atomic E-state index is 13.1. The molecule has 2 aromatic carbocycles. The van der Waals surface area contributed by atoms with Crippen molar-refractivity contribution < 1.29 is 13.9 Å². The predicted molar refractivity (Wildman–Crippen MR) is 75.1 cm³/mol. The van der Waals surface area contributed by atoms with Crippen LogP contribution in [0, 0.1) is 5.82 Å². The van der Waals surface area contributed by atoms with Gasteiger partial charge in [0.25, 0.3) is 0 Å². The van der Waals surface area contributed by atoms with Crippen LogP contribution in [0.25, 0.3) is 0 Å². The van der Waals surface area contributed by atoms with E-state index in [2.05, 4.69) is 0 Å². The lowest BCUT2D eigenvalue weighted by Gasteiger charge is -2.19. The molecule has 1 aliphatic rings. The van der Waals surface area contributed by atoms with E-state index in [1.165, 1.54) is 12.1 Å². The Labute approximate surface area is 121 Å². The Morgan fingerprint density at radius 2 is 2.05 bits per heavy atom. The number of carbonyl (C=O) groups is 1. The number of hydrogen-bond donors (Lipinski definition) is 0. The number of para-hydroxylation sites is 1. The summed E-state index contributed by atoms with van der Waals surface area (Å²) in [6.07, 6.45) is 1.84. The number of ether oxygens (including phenoxy) is 1. The number of fused-ring (bicyclic) bond motifs is 1. The highest BCUT2D eigenvalue weighted by atomic mass is 35.5. The molecule has 0 saturated carbocycles. The third kappa shape index (κ3) is 2.29. The molecule has 0 spiro atoms. The number of benzene rings is 2. The lowest BCUT2D eigenvalue weighted by atomic mass is 9.97. The van der Waals surface area contributed by atoms with Gasteiger partial charge in [0.1, 0.15) is 11.6 Å². The van der Waals surface area contributed by atoms with Crippen LogP contribution in [0.2, 0.25) is 5.02 Å². The Kier molecular flexibility index (Phi) is 3.45. The van der Waals surface area contributed by atoms with Gasteiger partial charge in [-0.05, 0) is 42.7 Å². The third-order valence-corrected chi connectivity index (χ3v) is 3.67. The number of aryl methyl sites for hydroxylation is 1. The number of ketones is 1. The summed E-state index contributed by atoms with van der Waals surface area (Å²) in [4.78, 5) is 12.6. The van der Waals surface area contributed by atoms with E-state index in [-0.39, 0.29) is 16.4 Å². The first kappa shape index (κ1) is 13.1. The summed E-state index contributed by atoms with van der Waals surface area (Å²) in [5.74, 6) is -0.0733. The molecule has 0 bridgehead atoms. The summed E-state index contributed by atoms with van der Waals surface area (Å²) in [5, 5.41) is 0.114. The first-order valence-electron chi connectivity index (χ1n) is 6.41. The number of halogens is 2. The minimum atomic E-state index is -0.460. The Bertz CT molecular complexity index is 682. The number of rotatable bonds is 2. The van der Waals surface area contributed by atoms with E-state index >= 15 is 0 Å². The molecule has 2 aromatic rings. The second kappa shape index (κ2) is 5.25. The van der Waals surface area contributed by atoms with Crippen molar-refractivity contribution in [3.63, 3.8) is 0 Å². The van der Waals surface area contributed by atoms with Crippen LogP contribution in [-0.4, -0.2) is 12.4 Å². The Morgan fingerprint density at radius 1 is 1.20 bits per heavy atom. The van der Waals surface area contributed by atoms with Gasteiger partial charge >= 0.3 is 0 Å². The van der Waals surface area contributed by atoms with E-state index in [9.17, 15) is 9.18 Å². The largest absolute Gasteiger partial charge is 0.493 e. The zero-order valence-electron chi connectivity index (χ0n) is 10.7. The molecule has 2 nitrogen and oxygen atoms in total. The Hall–Kier alpha value is -1.87. The van der Waals surface area contributed by atoms with Gasteiger partial charge < -0.3 is 4.74 Å². The van der Waals surface area contributed by atoms with Crippen molar-refractivity contribution in [2.75, 3.05) is 6.61 Å². The molecule has 0 aromatic heterocycles. The van der Waals surface area contributed by atoms with E-state index in [0.29, 0.717) is 17.9 Å². The molecule has 4 heteroatoms. The first-order valence-corrected chi connectivity index (χ1v) is 6.79. The van der Waals surface area contributed by atoms with E-state index < -0.39 is 5.82 Å². The monoisotopic (exact) mass is 290 g/mol. The van der Waals surface area contributed by atoms with Gasteiger partial charge in [0.15, 0.2) is 5.78 Å². The molecule has 1 aliphatic heterocycles. The topological polar surface area (TPSA) is 26.3 Å². The van der Waals surface area contributed by atoms with Crippen LogP contribution in [-0.2, 0) is 6.42 Å². The summed E-state index contributed by atoms with van der Waals surface area (Å²) in [7, 11) is 0. The molecule has 0 saturated heterocycles. The molecular formula is C16H12ClFO2. The van der Waals surface area contributed by atoms with Crippen molar-refractivity contribution in [1.29, 1.82) is 0 Å². The summed E-state index contributed by atoms with van der Waals surface area (Å²) in [6, 6.07) is 9.28. The fourth-order valence-corrected chi connectivity index (χ4v) is 2.64. The van der Waals surface area contributed by atoms with Crippen molar-refractivity contribution in [2.45, 2.75) is 12.8 Å². The average Bonchev–Trinajstić information content (AvgIpc) is 2.46. The molecule has 0 N–H and O–H groups in total. The third-order valence-electron chi connectivity index (χ3n) is 3.35. The van der Waals surface area contributed by atoms with Crippen molar-refractivity contribution in [3.05, 3.63) is 63.9 Å². The second-order valence-electron chi connectivity index (χ2n) is 4.70. The van der Waals surface area contributed by atoms with E-state index in [1.54, 1.807) is 6.07 Å². The molecular weight excluding hydrogens is 279 g/mol. The van der Waals surface area contributed by atoms with Crippen LogP contribution in [0.3, 0.4) is 0 Å². The standard InChI is InChI=1S/C16H12ClFO2/c17-14-9-11(18)6-7-12(14)15(19)13-5-1-3-10-4-2-8-20-16(10)13/h1,3,5-7,9H,2,4,8H2. The van der Waals surface area contributed by atoms with Crippen LogP contribution < -0.4 is 4.74 Å². The molecule has 102 valence electrons. The maximum Gasteiger partial charge on any atom is 0.198 e. The van der Waals surface area contributed by atoms with Gasteiger partial charge in [0.05, 0.1) is 17.2 Å². The molecule has 0 aliphatic carbocycles. The molecule has 0 fully saturated rings. The Balaban J connectivity index is 2.07. The quantitative estimate of drug-likeness (QED) is 0.781.